The van der Waals surface area contributed by atoms with Crippen molar-refractivity contribution in [1.29, 1.82) is 0 Å². The molecule has 0 spiro atoms. The van der Waals surface area contributed by atoms with Crippen LogP contribution in [-0.4, -0.2) is 25.0 Å². The molecule has 2 heterocycles. The van der Waals surface area contributed by atoms with E-state index in [4.69, 9.17) is 9.15 Å². The zero-order chi connectivity index (χ0) is 16.0. The second-order valence-electron chi connectivity index (χ2n) is 6.04. The Hall–Kier alpha value is -2.56. The number of methoxy groups -OCH3 is 1. The van der Waals surface area contributed by atoms with Crippen molar-refractivity contribution in [2.24, 2.45) is 5.92 Å². The maximum absolute atomic E-state index is 13.0. The highest BCUT2D eigenvalue weighted by Gasteiger charge is 2.51. The van der Waals surface area contributed by atoms with E-state index < -0.39 is 6.04 Å². The molecule has 1 aromatic heterocycles. The zero-order valence-corrected chi connectivity index (χ0v) is 12.8. The summed E-state index contributed by atoms with van der Waals surface area (Å²) in [5, 5.41) is 0. The van der Waals surface area contributed by atoms with E-state index in [1.165, 1.54) is 7.11 Å². The maximum atomic E-state index is 13.0. The number of esters is 1. The first kappa shape index (κ1) is 14.1. The Morgan fingerprint density at radius 3 is 2.78 bits per heavy atom. The van der Waals surface area contributed by atoms with Gasteiger partial charge >= 0.3 is 5.97 Å². The normalized spacial score (nSPS) is 25.1. The molecule has 1 aliphatic carbocycles. The molecule has 1 aromatic carbocycles. The van der Waals surface area contributed by atoms with Gasteiger partial charge in [0.1, 0.15) is 11.8 Å². The number of carbonyl (C=O) groups excluding carboxylic acids is 2. The lowest BCUT2D eigenvalue weighted by molar-refractivity contribution is -0.143. The van der Waals surface area contributed by atoms with E-state index in [0.717, 1.165) is 23.4 Å². The summed E-state index contributed by atoms with van der Waals surface area (Å²) < 4.78 is 10.3. The van der Waals surface area contributed by atoms with Gasteiger partial charge in [0, 0.05) is 23.9 Å². The number of benzene rings is 1. The number of fused-ring (bicyclic) bond motifs is 1. The molecule has 23 heavy (non-hydrogen) atoms. The molecule has 3 atom stereocenters. The van der Waals surface area contributed by atoms with Gasteiger partial charge in [-0.15, -0.1) is 0 Å². The van der Waals surface area contributed by atoms with E-state index in [1.807, 2.05) is 36.4 Å². The Bertz CT molecular complexity index is 752. The van der Waals surface area contributed by atoms with Crippen molar-refractivity contribution >= 4 is 17.6 Å². The number of rotatable bonds is 3. The van der Waals surface area contributed by atoms with Gasteiger partial charge in [0.05, 0.1) is 13.4 Å². The van der Waals surface area contributed by atoms with Gasteiger partial charge in [-0.25, -0.2) is 4.79 Å². The van der Waals surface area contributed by atoms with Crippen LogP contribution in [0.15, 0.2) is 47.1 Å². The molecule has 118 valence electrons. The second kappa shape index (κ2) is 5.26. The average Bonchev–Trinajstić information content (AvgIpc) is 3.03. The highest BCUT2D eigenvalue weighted by Crippen LogP contribution is 2.50. The second-order valence-corrected chi connectivity index (χ2v) is 6.04. The monoisotopic (exact) mass is 311 g/mol. The Morgan fingerprint density at radius 2 is 2.04 bits per heavy atom. The van der Waals surface area contributed by atoms with E-state index in [9.17, 15) is 9.59 Å². The molecular formula is C18H17NO4. The van der Waals surface area contributed by atoms with Gasteiger partial charge in [0.25, 0.3) is 0 Å². The minimum Gasteiger partial charge on any atom is -0.469 e. The SMILES string of the molecule is COC(=O)[C@@H]1Cc2ccccc2N1C(=O)[C@@H]1C[C@@H]1c1ccco1. The Morgan fingerprint density at radius 1 is 1.22 bits per heavy atom. The fourth-order valence-corrected chi connectivity index (χ4v) is 3.45. The predicted molar refractivity (Wildman–Crippen MR) is 83.0 cm³/mol. The first-order chi connectivity index (χ1) is 11.2. The fourth-order valence-electron chi connectivity index (χ4n) is 3.45. The summed E-state index contributed by atoms with van der Waals surface area (Å²) in [6.07, 6.45) is 2.89. The van der Waals surface area contributed by atoms with Crippen molar-refractivity contribution < 1.29 is 18.7 Å². The summed E-state index contributed by atoms with van der Waals surface area (Å²) in [5.74, 6) is 0.435. The van der Waals surface area contributed by atoms with Crippen molar-refractivity contribution in [1.82, 2.24) is 0 Å². The maximum Gasteiger partial charge on any atom is 0.329 e. The molecule has 2 aliphatic rings. The Labute approximate surface area is 133 Å². The standard InChI is InChI=1S/C18H17NO4/c1-22-18(21)15-9-11-5-2-3-6-14(11)19(15)17(20)13-10-12(13)16-7-4-8-23-16/h2-8,12-13,15H,9-10H2,1H3/t12-,13+,15-/m0/s1. The fraction of sp³-hybridized carbons (Fsp3) is 0.333. The van der Waals surface area contributed by atoms with Crippen LogP contribution in [0.25, 0.3) is 0 Å². The van der Waals surface area contributed by atoms with E-state index >= 15 is 0 Å². The topological polar surface area (TPSA) is 59.8 Å². The van der Waals surface area contributed by atoms with Gasteiger partial charge < -0.3 is 9.15 Å². The molecule has 0 N–H and O–H groups in total. The van der Waals surface area contributed by atoms with Gasteiger partial charge in [0.15, 0.2) is 0 Å². The van der Waals surface area contributed by atoms with Crippen molar-refractivity contribution in [3.05, 3.63) is 54.0 Å². The van der Waals surface area contributed by atoms with Crippen LogP contribution in [-0.2, 0) is 20.7 Å². The van der Waals surface area contributed by atoms with E-state index in [-0.39, 0.29) is 23.7 Å². The smallest absolute Gasteiger partial charge is 0.329 e. The lowest BCUT2D eigenvalue weighted by Gasteiger charge is -2.24. The van der Waals surface area contributed by atoms with Crippen LogP contribution in [0, 0.1) is 5.92 Å². The molecule has 0 radical (unpaired) electrons. The third-order valence-electron chi connectivity index (χ3n) is 4.70. The summed E-state index contributed by atoms with van der Waals surface area (Å²) in [6.45, 7) is 0. The molecule has 0 saturated heterocycles. The molecule has 4 rings (SSSR count). The van der Waals surface area contributed by atoms with Crippen LogP contribution < -0.4 is 4.90 Å². The van der Waals surface area contributed by atoms with Gasteiger partial charge in [-0.1, -0.05) is 18.2 Å². The van der Waals surface area contributed by atoms with Gasteiger partial charge in [0.2, 0.25) is 5.91 Å². The van der Waals surface area contributed by atoms with E-state index in [0.29, 0.717) is 6.42 Å². The Kier molecular flexibility index (Phi) is 3.22. The number of hydrogen-bond donors (Lipinski definition) is 0. The van der Waals surface area contributed by atoms with Crippen LogP contribution >= 0.6 is 0 Å². The molecular weight excluding hydrogens is 294 g/mol. The van der Waals surface area contributed by atoms with E-state index in [2.05, 4.69) is 0 Å². The lowest BCUT2D eigenvalue weighted by atomic mass is 10.1. The number of amides is 1. The number of nitrogens with zero attached hydrogens (tertiary/aromatic N) is 1. The number of ether oxygens (including phenoxy) is 1. The molecule has 0 bridgehead atoms. The number of hydrogen-bond acceptors (Lipinski definition) is 4. The lowest BCUT2D eigenvalue weighted by Crippen LogP contribution is -2.44. The molecule has 1 aliphatic heterocycles. The third kappa shape index (κ3) is 2.23. The Balaban J connectivity index is 1.62. The van der Waals surface area contributed by atoms with Crippen LogP contribution in [0.1, 0.15) is 23.7 Å². The first-order valence-electron chi connectivity index (χ1n) is 7.73. The largest absolute Gasteiger partial charge is 0.469 e. The summed E-state index contributed by atoms with van der Waals surface area (Å²) in [6, 6.07) is 10.8. The highest BCUT2D eigenvalue weighted by atomic mass is 16.5. The van der Waals surface area contributed by atoms with Crippen molar-refractivity contribution in [2.45, 2.75) is 24.8 Å². The van der Waals surface area contributed by atoms with Gasteiger partial charge in [-0.2, -0.15) is 0 Å². The molecule has 1 saturated carbocycles. The van der Waals surface area contributed by atoms with Crippen LogP contribution in [0.5, 0.6) is 0 Å². The summed E-state index contributed by atoms with van der Waals surface area (Å²) in [4.78, 5) is 26.7. The predicted octanol–water partition coefficient (Wildman–Crippen LogP) is 2.51. The molecule has 5 nitrogen and oxygen atoms in total. The number of carbonyl (C=O) groups is 2. The quantitative estimate of drug-likeness (QED) is 0.817. The summed E-state index contributed by atoms with van der Waals surface area (Å²) >= 11 is 0. The zero-order valence-electron chi connectivity index (χ0n) is 12.8. The van der Waals surface area contributed by atoms with Gasteiger partial charge in [-0.05, 0) is 30.2 Å². The minimum absolute atomic E-state index is 0.0215. The average molecular weight is 311 g/mol. The third-order valence-corrected chi connectivity index (χ3v) is 4.70. The minimum atomic E-state index is -0.567. The van der Waals surface area contributed by atoms with E-state index in [1.54, 1.807) is 11.2 Å². The van der Waals surface area contributed by atoms with Gasteiger partial charge in [-0.3, -0.25) is 9.69 Å². The van der Waals surface area contributed by atoms with Crippen molar-refractivity contribution in [3.63, 3.8) is 0 Å². The number of anilines is 1. The molecule has 1 fully saturated rings. The van der Waals surface area contributed by atoms with Crippen LogP contribution in [0.2, 0.25) is 0 Å². The molecule has 2 aromatic rings. The molecule has 5 heteroatoms. The van der Waals surface area contributed by atoms with Crippen LogP contribution in [0.3, 0.4) is 0 Å². The summed E-state index contributed by atoms with van der Waals surface area (Å²) in [7, 11) is 1.36. The molecule has 0 unspecified atom stereocenters. The number of furan rings is 1. The first-order valence-corrected chi connectivity index (χ1v) is 7.73. The summed E-state index contributed by atoms with van der Waals surface area (Å²) in [5.41, 5.74) is 1.82. The molecule has 1 amide bonds. The van der Waals surface area contributed by atoms with Crippen LogP contribution in [0.4, 0.5) is 5.69 Å². The number of para-hydroxylation sites is 1. The van der Waals surface area contributed by atoms with Crippen molar-refractivity contribution in [3.8, 4) is 0 Å². The van der Waals surface area contributed by atoms with Crippen molar-refractivity contribution in [2.75, 3.05) is 12.0 Å². The highest BCUT2D eigenvalue weighted by molar-refractivity contribution is 6.04.